The van der Waals surface area contributed by atoms with E-state index in [1.54, 1.807) is 6.92 Å². The first-order valence-corrected chi connectivity index (χ1v) is 10.1. The van der Waals surface area contributed by atoms with E-state index in [-0.39, 0.29) is 17.3 Å². The molecule has 0 bridgehead atoms. The van der Waals surface area contributed by atoms with Gasteiger partial charge in [0.1, 0.15) is 5.75 Å². The van der Waals surface area contributed by atoms with E-state index in [1.807, 2.05) is 30.3 Å². The fraction of sp³-hybridized carbons (Fsp3) is 0.167. The lowest BCUT2D eigenvalue weighted by molar-refractivity contribution is -0.384. The molecular weight excluding hydrogens is 414 g/mol. The Morgan fingerprint density at radius 2 is 2.00 bits per heavy atom. The molecule has 0 spiro atoms. The molecule has 0 aliphatic carbocycles. The highest BCUT2D eigenvalue weighted by molar-refractivity contribution is 8.02. The highest BCUT2D eigenvalue weighted by atomic mass is 32.2. The molecule has 3 aromatic rings. The van der Waals surface area contributed by atoms with Gasteiger partial charge in [-0.05, 0) is 25.1 Å². The minimum Gasteiger partial charge on any atom is -0.495 e. The Labute approximate surface area is 174 Å². The number of rotatable bonds is 8. The molecule has 0 saturated heterocycles. The van der Waals surface area contributed by atoms with Crippen LogP contribution in [0.5, 0.6) is 5.75 Å². The number of methoxy groups -OCH3 is 1. The van der Waals surface area contributed by atoms with Crippen molar-refractivity contribution in [3.63, 3.8) is 0 Å². The Balaban J connectivity index is 1.64. The summed E-state index contributed by atoms with van der Waals surface area (Å²) < 4.78 is 5.79. The monoisotopic (exact) mass is 431 g/mol. The molecule has 2 aromatic carbocycles. The number of nitro benzene ring substituents is 1. The predicted molar refractivity (Wildman–Crippen MR) is 113 cm³/mol. The van der Waals surface area contributed by atoms with Gasteiger partial charge in [0.05, 0.1) is 23.0 Å². The van der Waals surface area contributed by atoms with Crippen molar-refractivity contribution in [2.45, 2.75) is 16.5 Å². The average Bonchev–Trinajstić information content (AvgIpc) is 3.15. The zero-order valence-corrected chi connectivity index (χ0v) is 17.1. The van der Waals surface area contributed by atoms with Gasteiger partial charge in [-0.15, -0.1) is 10.2 Å². The Kier molecular flexibility index (Phi) is 6.62. The summed E-state index contributed by atoms with van der Waals surface area (Å²) in [4.78, 5) is 23.0. The van der Waals surface area contributed by atoms with Crippen LogP contribution in [0.2, 0.25) is 0 Å². The lowest BCUT2D eigenvalue weighted by Gasteiger charge is -2.13. The van der Waals surface area contributed by atoms with Gasteiger partial charge in [0.15, 0.2) is 4.34 Å². The summed E-state index contributed by atoms with van der Waals surface area (Å²) in [5, 5.41) is 25.1. The summed E-state index contributed by atoms with van der Waals surface area (Å²) in [6.45, 7) is 1.72. The summed E-state index contributed by atoms with van der Waals surface area (Å²) in [6.07, 6.45) is 0. The van der Waals surface area contributed by atoms with Crippen molar-refractivity contribution in [1.29, 1.82) is 0 Å². The molecule has 1 atom stereocenters. The molecule has 11 heteroatoms. The van der Waals surface area contributed by atoms with Gasteiger partial charge in [0.25, 0.3) is 5.69 Å². The highest BCUT2D eigenvalue weighted by Crippen LogP contribution is 2.33. The highest BCUT2D eigenvalue weighted by Gasteiger charge is 2.20. The van der Waals surface area contributed by atoms with Gasteiger partial charge in [-0.25, -0.2) is 0 Å². The Morgan fingerprint density at radius 3 is 2.69 bits per heavy atom. The number of benzene rings is 2. The van der Waals surface area contributed by atoms with Crippen LogP contribution in [0.15, 0.2) is 52.9 Å². The molecule has 0 fully saturated rings. The van der Waals surface area contributed by atoms with Crippen LogP contribution in [0.3, 0.4) is 0 Å². The van der Waals surface area contributed by atoms with E-state index < -0.39 is 10.2 Å². The molecule has 0 unspecified atom stereocenters. The molecule has 1 heterocycles. The Hall–Kier alpha value is -3.18. The summed E-state index contributed by atoms with van der Waals surface area (Å²) in [7, 11) is 1.43. The first-order chi connectivity index (χ1) is 14.0. The number of amides is 1. The van der Waals surface area contributed by atoms with Crippen molar-refractivity contribution < 1.29 is 14.5 Å². The zero-order chi connectivity index (χ0) is 20.8. The second-order valence-corrected chi connectivity index (χ2v) is 8.32. The number of nitro groups is 1. The molecule has 0 aliphatic rings. The Bertz CT molecular complexity index is 1010. The lowest BCUT2D eigenvalue weighted by Crippen LogP contribution is -2.22. The van der Waals surface area contributed by atoms with Gasteiger partial charge in [-0.1, -0.05) is 41.3 Å². The van der Waals surface area contributed by atoms with Crippen LogP contribution in [0.1, 0.15) is 6.92 Å². The normalized spacial score (nSPS) is 11.5. The lowest BCUT2D eigenvalue weighted by atomic mass is 10.2. The zero-order valence-electron chi connectivity index (χ0n) is 15.5. The van der Waals surface area contributed by atoms with E-state index >= 15 is 0 Å². The SMILES string of the molecule is COc1ccc([N+](=O)[O-])cc1NC(=O)[C@H](C)Sc1nnc(Nc2ccccc2)s1. The fourth-order valence-electron chi connectivity index (χ4n) is 2.30. The number of para-hydroxylation sites is 1. The second-order valence-electron chi connectivity index (χ2n) is 5.76. The van der Waals surface area contributed by atoms with Crippen LogP contribution < -0.4 is 15.4 Å². The van der Waals surface area contributed by atoms with Gasteiger partial charge in [0, 0.05) is 17.8 Å². The quantitative estimate of drug-likeness (QED) is 0.307. The number of carbonyl (C=O) groups is 1. The van der Waals surface area contributed by atoms with Crippen LogP contribution in [-0.2, 0) is 4.79 Å². The number of anilines is 3. The molecule has 0 radical (unpaired) electrons. The molecule has 0 saturated carbocycles. The number of hydrogen-bond acceptors (Lipinski definition) is 9. The maximum atomic E-state index is 12.5. The molecule has 150 valence electrons. The van der Waals surface area contributed by atoms with Gasteiger partial charge >= 0.3 is 0 Å². The molecular formula is C18H17N5O4S2. The summed E-state index contributed by atoms with van der Waals surface area (Å²) in [5.41, 5.74) is 0.994. The standard InChI is InChI=1S/C18H17N5O4S2/c1-11(16(24)20-14-10-13(23(25)26)8-9-15(14)27-2)28-18-22-21-17(29-18)19-12-6-4-3-5-7-12/h3-11H,1-2H3,(H,19,21)(H,20,24)/t11-/m0/s1. The van der Waals surface area contributed by atoms with Gasteiger partial charge < -0.3 is 15.4 Å². The molecule has 2 N–H and O–H groups in total. The van der Waals surface area contributed by atoms with Crippen LogP contribution in [0, 0.1) is 10.1 Å². The van der Waals surface area contributed by atoms with Crippen molar-refractivity contribution in [1.82, 2.24) is 10.2 Å². The molecule has 3 rings (SSSR count). The summed E-state index contributed by atoms with van der Waals surface area (Å²) in [6, 6.07) is 13.6. The maximum Gasteiger partial charge on any atom is 0.271 e. The number of nitrogens with one attached hydrogen (secondary N) is 2. The van der Waals surface area contributed by atoms with Crippen LogP contribution in [-0.4, -0.2) is 33.4 Å². The van der Waals surface area contributed by atoms with Crippen molar-refractivity contribution in [2.75, 3.05) is 17.7 Å². The van der Waals surface area contributed by atoms with Crippen LogP contribution in [0.4, 0.5) is 22.2 Å². The third-order valence-electron chi connectivity index (χ3n) is 3.73. The number of thioether (sulfide) groups is 1. The number of aromatic nitrogens is 2. The van der Waals surface area contributed by atoms with Crippen molar-refractivity contribution in [3.05, 3.63) is 58.6 Å². The molecule has 1 aromatic heterocycles. The number of carbonyl (C=O) groups excluding carboxylic acids is 1. The summed E-state index contributed by atoms with van der Waals surface area (Å²) >= 11 is 2.57. The molecule has 29 heavy (non-hydrogen) atoms. The first-order valence-electron chi connectivity index (χ1n) is 8.42. The van der Waals surface area contributed by atoms with Crippen molar-refractivity contribution >= 4 is 51.2 Å². The number of non-ortho nitro benzene ring substituents is 1. The van der Waals surface area contributed by atoms with E-state index in [0.29, 0.717) is 15.2 Å². The topological polar surface area (TPSA) is 119 Å². The third-order valence-corrected chi connectivity index (χ3v) is 5.75. The third kappa shape index (κ3) is 5.42. The molecule has 0 aliphatic heterocycles. The number of nitrogens with zero attached hydrogens (tertiary/aromatic N) is 3. The number of ether oxygens (including phenoxy) is 1. The van der Waals surface area contributed by atoms with E-state index in [0.717, 1.165) is 5.69 Å². The van der Waals surface area contributed by atoms with E-state index in [1.165, 1.54) is 48.4 Å². The van der Waals surface area contributed by atoms with E-state index in [2.05, 4.69) is 20.8 Å². The first kappa shape index (κ1) is 20.6. The Morgan fingerprint density at radius 1 is 1.24 bits per heavy atom. The summed E-state index contributed by atoms with van der Waals surface area (Å²) in [5.74, 6) is 0.00739. The smallest absolute Gasteiger partial charge is 0.271 e. The van der Waals surface area contributed by atoms with Gasteiger partial charge in [-0.3, -0.25) is 14.9 Å². The second kappa shape index (κ2) is 9.34. The van der Waals surface area contributed by atoms with Crippen LogP contribution >= 0.6 is 23.1 Å². The predicted octanol–water partition coefficient (Wildman–Crippen LogP) is 4.32. The van der Waals surface area contributed by atoms with Gasteiger partial charge in [-0.2, -0.15) is 0 Å². The fourth-order valence-corrected chi connectivity index (χ4v) is 4.22. The average molecular weight is 431 g/mol. The number of hydrogen-bond donors (Lipinski definition) is 2. The molecule has 9 nitrogen and oxygen atoms in total. The van der Waals surface area contributed by atoms with Crippen molar-refractivity contribution in [2.24, 2.45) is 0 Å². The minimum absolute atomic E-state index is 0.137. The van der Waals surface area contributed by atoms with Crippen LogP contribution in [0.25, 0.3) is 0 Å². The maximum absolute atomic E-state index is 12.5. The largest absolute Gasteiger partial charge is 0.495 e. The van der Waals surface area contributed by atoms with Gasteiger partial charge in [0.2, 0.25) is 11.0 Å². The van der Waals surface area contributed by atoms with E-state index in [4.69, 9.17) is 4.74 Å². The minimum atomic E-state index is -0.532. The molecule has 1 amide bonds. The van der Waals surface area contributed by atoms with E-state index in [9.17, 15) is 14.9 Å². The van der Waals surface area contributed by atoms with Crippen molar-refractivity contribution in [3.8, 4) is 5.75 Å².